The third kappa shape index (κ3) is 3.56. The summed E-state index contributed by atoms with van der Waals surface area (Å²) in [6.07, 6.45) is 5.92. The van der Waals surface area contributed by atoms with Crippen molar-refractivity contribution in [1.82, 2.24) is 9.88 Å². The summed E-state index contributed by atoms with van der Waals surface area (Å²) in [7, 11) is 3.36. The van der Waals surface area contributed by atoms with Crippen LogP contribution in [-0.2, 0) is 0 Å². The first-order valence-corrected chi connectivity index (χ1v) is 7.61. The average Bonchev–Trinajstić information content (AvgIpc) is 2.98. The Hall–Kier alpha value is -1.43. The summed E-state index contributed by atoms with van der Waals surface area (Å²) >= 11 is 1.24. The molecule has 1 N–H and O–H groups in total. The molecule has 1 aromatic rings. The molecule has 0 unspecified atom stereocenters. The van der Waals surface area contributed by atoms with Crippen molar-refractivity contribution in [3.05, 3.63) is 22.6 Å². The fourth-order valence-corrected chi connectivity index (χ4v) is 3.29. The van der Waals surface area contributed by atoms with Crippen molar-refractivity contribution in [1.29, 1.82) is 0 Å². The third-order valence-corrected chi connectivity index (χ3v) is 4.36. The van der Waals surface area contributed by atoms with Crippen LogP contribution in [-0.4, -0.2) is 35.8 Å². The molecule has 1 saturated carbocycles. The summed E-state index contributed by atoms with van der Waals surface area (Å²) in [5.41, 5.74) is 0.586. The molecule has 2 rings (SSSR count). The molecule has 0 aliphatic heterocycles. The van der Waals surface area contributed by atoms with Crippen LogP contribution in [0.3, 0.4) is 0 Å². The first-order valence-electron chi connectivity index (χ1n) is 6.80. The van der Waals surface area contributed by atoms with Crippen molar-refractivity contribution in [3.8, 4) is 0 Å². The van der Waals surface area contributed by atoms with Gasteiger partial charge in [-0.3, -0.25) is 4.79 Å². The number of aromatic nitrogens is 1. The second-order valence-electron chi connectivity index (χ2n) is 5.33. The van der Waals surface area contributed by atoms with Crippen LogP contribution in [0.4, 0.5) is 9.52 Å². The van der Waals surface area contributed by atoms with E-state index in [0.717, 1.165) is 18.0 Å². The molecule has 110 valence electrons. The molecule has 0 atom stereocenters. The van der Waals surface area contributed by atoms with Crippen LogP contribution in [0.2, 0.25) is 0 Å². The Labute approximate surface area is 122 Å². The van der Waals surface area contributed by atoms with Crippen molar-refractivity contribution in [3.63, 3.8) is 0 Å². The number of carbonyl (C=O) groups excluding carboxylic acids is 1. The first-order chi connectivity index (χ1) is 9.47. The molecule has 1 aliphatic carbocycles. The predicted molar refractivity (Wildman–Crippen MR) is 79.9 cm³/mol. The van der Waals surface area contributed by atoms with E-state index in [-0.39, 0.29) is 0 Å². The van der Waals surface area contributed by atoms with E-state index in [4.69, 9.17) is 0 Å². The topological polar surface area (TPSA) is 45.2 Å². The molecule has 1 aliphatic rings. The van der Waals surface area contributed by atoms with Gasteiger partial charge in [-0.15, -0.1) is 0 Å². The van der Waals surface area contributed by atoms with E-state index in [1.165, 1.54) is 35.3 Å². The standard InChI is InChI=1S/C14H20FN3OS/c1-9-13(12(19)11(15)8-18(2)3)20-14(16-9)17-10-6-4-5-7-10/h8,10H,4-7H2,1-3H3,(H,16,17). The minimum absolute atomic E-state index is 0.376. The largest absolute Gasteiger partial charge is 0.381 e. The van der Waals surface area contributed by atoms with Gasteiger partial charge in [0.1, 0.15) is 4.88 Å². The molecule has 0 aromatic carbocycles. The summed E-state index contributed by atoms with van der Waals surface area (Å²) < 4.78 is 13.8. The van der Waals surface area contributed by atoms with Crippen LogP contribution >= 0.6 is 11.3 Å². The van der Waals surface area contributed by atoms with Gasteiger partial charge in [-0.1, -0.05) is 24.2 Å². The highest BCUT2D eigenvalue weighted by molar-refractivity contribution is 7.17. The number of halogens is 1. The summed E-state index contributed by atoms with van der Waals surface area (Å²) in [6, 6.07) is 0.436. The van der Waals surface area contributed by atoms with Crippen molar-refractivity contribution in [2.75, 3.05) is 19.4 Å². The van der Waals surface area contributed by atoms with E-state index in [9.17, 15) is 9.18 Å². The number of nitrogens with one attached hydrogen (secondary N) is 1. The Balaban J connectivity index is 2.12. The average molecular weight is 297 g/mol. The molecule has 0 saturated heterocycles. The zero-order valence-corrected chi connectivity index (χ0v) is 12.9. The van der Waals surface area contributed by atoms with E-state index in [2.05, 4.69) is 10.3 Å². The molecule has 0 radical (unpaired) electrons. The Morgan fingerprint density at radius 1 is 1.45 bits per heavy atom. The second kappa shape index (κ2) is 6.35. The van der Waals surface area contributed by atoms with E-state index in [1.807, 2.05) is 0 Å². The fourth-order valence-electron chi connectivity index (χ4n) is 2.31. The third-order valence-electron chi connectivity index (χ3n) is 3.27. The molecular weight excluding hydrogens is 277 g/mol. The highest BCUT2D eigenvalue weighted by Crippen LogP contribution is 2.29. The smallest absolute Gasteiger partial charge is 0.234 e. The number of thiazole rings is 1. The minimum atomic E-state index is -0.755. The minimum Gasteiger partial charge on any atom is -0.381 e. The monoisotopic (exact) mass is 297 g/mol. The van der Waals surface area contributed by atoms with Crippen LogP contribution in [0.5, 0.6) is 0 Å². The molecule has 6 heteroatoms. The summed E-state index contributed by atoms with van der Waals surface area (Å²) in [5.74, 6) is -1.35. The van der Waals surface area contributed by atoms with Gasteiger partial charge in [0.25, 0.3) is 0 Å². The highest BCUT2D eigenvalue weighted by Gasteiger charge is 2.22. The second-order valence-corrected chi connectivity index (χ2v) is 6.33. The van der Waals surface area contributed by atoms with E-state index >= 15 is 0 Å². The number of anilines is 1. The van der Waals surface area contributed by atoms with Gasteiger partial charge in [-0.05, 0) is 19.8 Å². The number of aryl methyl sites for hydroxylation is 1. The molecule has 1 aromatic heterocycles. The van der Waals surface area contributed by atoms with Gasteiger partial charge in [-0.25, -0.2) is 9.37 Å². The number of hydrogen-bond acceptors (Lipinski definition) is 5. The summed E-state index contributed by atoms with van der Waals surface area (Å²) in [6.45, 7) is 1.74. The van der Waals surface area contributed by atoms with E-state index in [0.29, 0.717) is 16.6 Å². The maximum atomic E-state index is 13.8. The molecule has 0 spiro atoms. The Morgan fingerprint density at radius 2 is 2.10 bits per heavy atom. The van der Waals surface area contributed by atoms with Crippen molar-refractivity contribution in [2.24, 2.45) is 0 Å². The molecular formula is C14H20FN3OS. The van der Waals surface area contributed by atoms with Gasteiger partial charge in [0.2, 0.25) is 5.78 Å². The lowest BCUT2D eigenvalue weighted by Crippen LogP contribution is -2.13. The van der Waals surface area contributed by atoms with Gasteiger partial charge in [0.15, 0.2) is 11.0 Å². The quantitative estimate of drug-likeness (QED) is 0.668. The van der Waals surface area contributed by atoms with Gasteiger partial charge in [-0.2, -0.15) is 0 Å². The van der Waals surface area contributed by atoms with Crippen molar-refractivity contribution >= 4 is 22.3 Å². The van der Waals surface area contributed by atoms with E-state index in [1.54, 1.807) is 21.0 Å². The number of hydrogen-bond donors (Lipinski definition) is 1. The zero-order valence-electron chi connectivity index (χ0n) is 12.1. The SMILES string of the molecule is Cc1nc(NC2CCCC2)sc1C(=O)C(F)=CN(C)C. The maximum Gasteiger partial charge on any atom is 0.234 e. The summed E-state index contributed by atoms with van der Waals surface area (Å²) in [4.78, 5) is 18.3. The van der Waals surface area contributed by atoms with Gasteiger partial charge in [0, 0.05) is 26.3 Å². The molecule has 20 heavy (non-hydrogen) atoms. The van der Waals surface area contributed by atoms with Crippen LogP contribution in [0.15, 0.2) is 12.0 Å². The van der Waals surface area contributed by atoms with Crippen LogP contribution in [0, 0.1) is 6.92 Å². The summed E-state index contributed by atoms with van der Waals surface area (Å²) in [5, 5.41) is 4.06. The van der Waals surface area contributed by atoms with Crippen LogP contribution < -0.4 is 5.32 Å². The Morgan fingerprint density at radius 3 is 2.70 bits per heavy atom. The zero-order chi connectivity index (χ0) is 14.7. The normalized spacial score (nSPS) is 16.5. The lowest BCUT2D eigenvalue weighted by Gasteiger charge is -2.09. The maximum absolute atomic E-state index is 13.8. The number of allylic oxidation sites excluding steroid dienone is 1. The highest BCUT2D eigenvalue weighted by atomic mass is 32.1. The van der Waals surface area contributed by atoms with E-state index < -0.39 is 11.6 Å². The number of rotatable bonds is 5. The number of nitrogens with zero attached hydrogens (tertiary/aromatic N) is 2. The number of Topliss-reactive ketones (excluding diaryl/α,β-unsaturated/α-hetero) is 1. The van der Waals surface area contributed by atoms with Gasteiger partial charge in [0.05, 0.1) is 5.69 Å². The lowest BCUT2D eigenvalue weighted by atomic mass is 10.2. The Bertz CT molecular complexity index is 518. The molecule has 4 nitrogen and oxygen atoms in total. The van der Waals surface area contributed by atoms with Crippen LogP contribution in [0.1, 0.15) is 41.0 Å². The predicted octanol–water partition coefficient (Wildman–Crippen LogP) is 3.36. The van der Waals surface area contributed by atoms with Gasteiger partial charge >= 0.3 is 0 Å². The number of ketones is 1. The molecule has 1 heterocycles. The van der Waals surface area contributed by atoms with Crippen molar-refractivity contribution < 1.29 is 9.18 Å². The number of carbonyl (C=O) groups is 1. The molecule has 1 fully saturated rings. The lowest BCUT2D eigenvalue weighted by molar-refractivity contribution is 0.100. The van der Waals surface area contributed by atoms with Crippen molar-refractivity contribution in [2.45, 2.75) is 38.6 Å². The molecule has 0 bridgehead atoms. The Kier molecular flexibility index (Phi) is 4.75. The molecule has 0 amide bonds. The van der Waals surface area contributed by atoms with Gasteiger partial charge < -0.3 is 10.2 Å². The first kappa shape index (κ1) is 15.0. The van der Waals surface area contributed by atoms with Crippen LogP contribution in [0.25, 0.3) is 0 Å². The fraction of sp³-hybridized carbons (Fsp3) is 0.571.